The number of hydrogen-bond acceptors (Lipinski definition) is 6. The standard InChI is InChI=1S/C12H21N5O2/c1-5-13-12-15-9(4)10(17(18)19)11(16-12)14-7-6-8(2)3/h8H,5-7H2,1-4H3,(H2,13,14,15,16). The lowest BCUT2D eigenvalue weighted by Crippen LogP contribution is -2.12. The molecule has 7 nitrogen and oxygen atoms in total. The minimum absolute atomic E-state index is 0.0505. The van der Waals surface area contributed by atoms with Gasteiger partial charge >= 0.3 is 5.69 Å². The van der Waals surface area contributed by atoms with Crippen molar-refractivity contribution in [2.75, 3.05) is 23.7 Å². The van der Waals surface area contributed by atoms with Gasteiger partial charge in [-0.3, -0.25) is 10.1 Å². The Hall–Kier alpha value is -1.92. The molecule has 1 rings (SSSR count). The molecule has 0 aliphatic carbocycles. The van der Waals surface area contributed by atoms with Crippen LogP contribution in [-0.2, 0) is 0 Å². The number of aromatic nitrogens is 2. The quantitative estimate of drug-likeness (QED) is 0.582. The summed E-state index contributed by atoms with van der Waals surface area (Å²) in [6.07, 6.45) is 0.927. The molecule has 1 aromatic rings. The summed E-state index contributed by atoms with van der Waals surface area (Å²) in [5.74, 6) is 1.23. The Balaban J connectivity index is 2.99. The molecule has 0 unspecified atom stereocenters. The molecule has 0 aliphatic rings. The molecule has 0 fully saturated rings. The zero-order chi connectivity index (χ0) is 14.4. The van der Waals surface area contributed by atoms with Crippen molar-refractivity contribution in [3.63, 3.8) is 0 Å². The third-order valence-electron chi connectivity index (χ3n) is 2.59. The second kappa shape index (κ2) is 6.86. The van der Waals surface area contributed by atoms with Crippen molar-refractivity contribution >= 4 is 17.5 Å². The van der Waals surface area contributed by atoms with Crippen LogP contribution in [0.2, 0.25) is 0 Å². The van der Waals surface area contributed by atoms with E-state index in [0.717, 1.165) is 6.42 Å². The van der Waals surface area contributed by atoms with Crippen LogP contribution < -0.4 is 10.6 Å². The summed E-state index contributed by atoms with van der Waals surface area (Å²) in [6.45, 7) is 9.07. The zero-order valence-electron chi connectivity index (χ0n) is 11.9. The van der Waals surface area contributed by atoms with Crippen LogP contribution in [0, 0.1) is 23.0 Å². The Morgan fingerprint density at radius 3 is 2.53 bits per heavy atom. The van der Waals surface area contributed by atoms with Crippen molar-refractivity contribution in [3.8, 4) is 0 Å². The molecular weight excluding hydrogens is 246 g/mol. The summed E-state index contributed by atoms with van der Waals surface area (Å²) >= 11 is 0. The van der Waals surface area contributed by atoms with Crippen molar-refractivity contribution in [3.05, 3.63) is 15.8 Å². The van der Waals surface area contributed by atoms with E-state index in [2.05, 4.69) is 34.4 Å². The van der Waals surface area contributed by atoms with Crippen LogP contribution in [0.1, 0.15) is 32.9 Å². The van der Waals surface area contributed by atoms with E-state index in [1.165, 1.54) is 0 Å². The first-order valence-corrected chi connectivity index (χ1v) is 6.46. The Morgan fingerprint density at radius 2 is 2.00 bits per heavy atom. The second-order valence-corrected chi connectivity index (χ2v) is 4.73. The molecule has 0 aliphatic heterocycles. The van der Waals surface area contributed by atoms with E-state index >= 15 is 0 Å². The molecule has 0 amide bonds. The van der Waals surface area contributed by atoms with Gasteiger partial charge in [-0.15, -0.1) is 0 Å². The van der Waals surface area contributed by atoms with Gasteiger partial charge in [0.1, 0.15) is 5.69 Å². The van der Waals surface area contributed by atoms with Gasteiger partial charge in [0.05, 0.1) is 4.92 Å². The highest BCUT2D eigenvalue weighted by atomic mass is 16.6. The molecule has 0 saturated carbocycles. The average molecular weight is 267 g/mol. The van der Waals surface area contributed by atoms with Gasteiger partial charge < -0.3 is 10.6 Å². The molecule has 1 aromatic heterocycles. The van der Waals surface area contributed by atoms with Gasteiger partial charge in [0.15, 0.2) is 0 Å². The summed E-state index contributed by atoms with van der Waals surface area (Å²) in [5, 5.41) is 17.1. The maximum atomic E-state index is 11.1. The number of hydrogen-bond donors (Lipinski definition) is 2. The van der Waals surface area contributed by atoms with Crippen LogP contribution in [0.25, 0.3) is 0 Å². The van der Waals surface area contributed by atoms with Crippen LogP contribution in [0.3, 0.4) is 0 Å². The van der Waals surface area contributed by atoms with Gasteiger partial charge in [0.25, 0.3) is 0 Å². The number of nitrogens with one attached hydrogen (secondary N) is 2. The first kappa shape index (κ1) is 15.1. The van der Waals surface area contributed by atoms with Crippen molar-refractivity contribution < 1.29 is 4.92 Å². The summed E-state index contributed by atoms with van der Waals surface area (Å²) in [5.41, 5.74) is 0.313. The molecule has 19 heavy (non-hydrogen) atoms. The van der Waals surface area contributed by atoms with Crippen molar-refractivity contribution in [2.45, 2.75) is 34.1 Å². The molecule has 0 spiro atoms. The third-order valence-corrected chi connectivity index (χ3v) is 2.59. The Morgan fingerprint density at radius 1 is 1.32 bits per heavy atom. The third kappa shape index (κ3) is 4.35. The fraction of sp³-hybridized carbons (Fsp3) is 0.667. The highest BCUT2D eigenvalue weighted by molar-refractivity contribution is 5.60. The monoisotopic (exact) mass is 267 g/mol. The van der Waals surface area contributed by atoms with Crippen LogP contribution in [0.5, 0.6) is 0 Å². The molecule has 7 heteroatoms. The van der Waals surface area contributed by atoms with E-state index < -0.39 is 4.92 Å². The fourth-order valence-corrected chi connectivity index (χ4v) is 1.63. The minimum atomic E-state index is -0.442. The normalized spacial score (nSPS) is 10.6. The predicted octanol–water partition coefficient (Wildman–Crippen LogP) is 2.58. The highest BCUT2D eigenvalue weighted by Crippen LogP contribution is 2.26. The summed E-state index contributed by atoms with van der Waals surface area (Å²) < 4.78 is 0. The lowest BCUT2D eigenvalue weighted by molar-refractivity contribution is -0.385. The van der Waals surface area contributed by atoms with E-state index in [4.69, 9.17) is 0 Å². The predicted molar refractivity (Wildman–Crippen MR) is 75.5 cm³/mol. The highest BCUT2D eigenvalue weighted by Gasteiger charge is 2.21. The Bertz CT molecular complexity index is 448. The molecule has 0 atom stereocenters. The number of nitrogens with zero attached hydrogens (tertiary/aromatic N) is 3. The van der Waals surface area contributed by atoms with Gasteiger partial charge in [-0.25, -0.2) is 4.98 Å². The maximum Gasteiger partial charge on any atom is 0.332 e. The summed E-state index contributed by atoms with van der Waals surface area (Å²) in [4.78, 5) is 18.9. The van der Waals surface area contributed by atoms with E-state index in [9.17, 15) is 10.1 Å². The van der Waals surface area contributed by atoms with Crippen LogP contribution in [0.15, 0.2) is 0 Å². The number of anilines is 2. The molecule has 2 N–H and O–H groups in total. The van der Waals surface area contributed by atoms with Crippen LogP contribution >= 0.6 is 0 Å². The molecule has 0 saturated heterocycles. The molecule has 106 valence electrons. The topological polar surface area (TPSA) is 93.0 Å². The van der Waals surface area contributed by atoms with E-state index in [-0.39, 0.29) is 11.5 Å². The van der Waals surface area contributed by atoms with E-state index in [1.807, 2.05) is 6.92 Å². The van der Waals surface area contributed by atoms with Gasteiger partial charge in [-0.05, 0) is 26.2 Å². The van der Waals surface area contributed by atoms with Crippen LogP contribution in [-0.4, -0.2) is 28.0 Å². The van der Waals surface area contributed by atoms with Crippen molar-refractivity contribution in [1.82, 2.24) is 9.97 Å². The van der Waals surface area contributed by atoms with Crippen molar-refractivity contribution in [1.29, 1.82) is 0 Å². The van der Waals surface area contributed by atoms with Gasteiger partial charge in [0, 0.05) is 13.1 Å². The number of rotatable bonds is 7. The Labute approximate surface area is 113 Å². The maximum absolute atomic E-state index is 11.1. The lowest BCUT2D eigenvalue weighted by atomic mass is 10.1. The smallest absolute Gasteiger partial charge is 0.332 e. The largest absolute Gasteiger partial charge is 0.364 e. The summed E-state index contributed by atoms with van der Waals surface area (Å²) in [6, 6.07) is 0. The van der Waals surface area contributed by atoms with Crippen LogP contribution in [0.4, 0.5) is 17.5 Å². The molecule has 1 heterocycles. The zero-order valence-corrected chi connectivity index (χ0v) is 11.9. The molecule has 0 bridgehead atoms. The Kier molecular flexibility index (Phi) is 5.47. The fourth-order valence-electron chi connectivity index (χ4n) is 1.63. The SMILES string of the molecule is CCNc1nc(C)c([N+](=O)[O-])c(NCCC(C)C)n1. The molecule has 0 radical (unpaired) electrons. The van der Waals surface area contributed by atoms with Gasteiger partial charge in [-0.2, -0.15) is 4.98 Å². The molecular formula is C12H21N5O2. The summed E-state index contributed by atoms with van der Waals surface area (Å²) in [7, 11) is 0. The number of nitro groups is 1. The molecule has 0 aromatic carbocycles. The lowest BCUT2D eigenvalue weighted by Gasteiger charge is -2.11. The van der Waals surface area contributed by atoms with Gasteiger partial charge in [-0.1, -0.05) is 13.8 Å². The van der Waals surface area contributed by atoms with E-state index in [0.29, 0.717) is 30.6 Å². The second-order valence-electron chi connectivity index (χ2n) is 4.73. The van der Waals surface area contributed by atoms with Crippen molar-refractivity contribution in [2.24, 2.45) is 5.92 Å². The minimum Gasteiger partial charge on any atom is -0.364 e. The first-order chi connectivity index (χ1) is 8.95. The first-order valence-electron chi connectivity index (χ1n) is 6.46. The van der Waals surface area contributed by atoms with Gasteiger partial charge in [0.2, 0.25) is 11.8 Å². The number of aryl methyl sites for hydroxylation is 1. The average Bonchev–Trinajstić information content (AvgIpc) is 2.27. The van der Waals surface area contributed by atoms with E-state index in [1.54, 1.807) is 6.92 Å².